The molecule has 1 atom stereocenters. The molecule has 6 nitrogen and oxygen atoms in total. The predicted octanol–water partition coefficient (Wildman–Crippen LogP) is 2.37. The number of amides is 1. The Kier molecular flexibility index (Phi) is 7.60. The maximum absolute atomic E-state index is 13.2. The van der Waals surface area contributed by atoms with Crippen LogP contribution in [0.25, 0.3) is 0 Å². The number of piperazine rings is 1. The number of benzene rings is 2. The van der Waals surface area contributed by atoms with Gasteiger partial charge in [-0.25, -0.2) is 13.1 Å². The van der Waals surface area contributed by atoms with E-state index in [0.717, 1.165) is 12.0 Å². The normalized spacial score (nSPS) is 17.1. The Morgan fingerprint density at radius 2 is 1.93 bits per heavy atom. The van der Waals surface area contributed by atoms with Crippen molar-refractivity contribution >= 4 is 28.3 Å². The van der Waals surface area contributed by atoms with Gasteiger partial charge in [0.2, 0.25) is 10.0 Å². The number of carbonyl (C=O) groups excluding carboxylic acids is 1. The van der Waals surface area contributed by atoms with Crippen LogP contribution < -0.4 is 10.0 Å². The van der Waals surface area contributed by atoms with E-state index < -0.39 is 10.0 Å². The summed E-state index contributed by atoms with van der Waals surface area (Å²) in [6, 6.07) is 14.4. The van der Waals surface area contributed by atoms with Crippen molar-refractivity contribution in [2.24, 2.45) is 0 Å². The fourth-order valence-corrected chi connectivity index (χ4v) is 4.08. The second kappa shape index (κ2) is 9.52. The van der Waals surface area contributed by atoms with Gasteiger partial charge in [-0.05, 0) is 42.8 Å². The van der Waals surface area contributed by atoms with Crippen molar-refractivity contribution in [2.45, 2.75) is 24.3 Å². The molecular formula is C20H26ClN3O3S. The molecule has 2 aromatic rings. The first kappa shape index (κ1) is 22.4. The lowest BCUT2D eigenvalue weighted by atomic mass is 10.00. The molecule has 3 rings (SSSR count). The highest BCUT2D eigenvalue weighted by molar-refractivity contribution is 7.89. The smallest absolute Gasteiger partial charge is 0.254 e. The minimum Gasteiger partial charge on any atom is -0.329 e. The summed E-state index contributed by atoms with van der Waals surface area (Å²) in [7, 11) is -2.23. The quantitative estimate of drug-likeness (QED) is 0.773. The Hall–Kier alpha value is -1.93. The lowest BCUT2D eigenvalue weighted by Crippen LogP contribution is -2.48. The van der Waals surface area contributed by atoms with Crippen molar-refractivity contribution in [1.82, 2.24) is 14.9 Å². The van der Waals surface area contributed by atoms with E-state index >= 15 is 0 Å². The van der Waals surface area contributed by atoms with Crippen LogP contribution in [-0.4, -0.2) is 45.9 Å². The average Bonchev–Trinajstić information content (AvgIpc) is 2.73. The largest absolute Gasteiger partial charge is 0.329 e. The summed E-state index contributed by atoms with van der Waals surface area (Å²) in [6.45, 7) is 4.07. The Labute approximate surface area is 172 Å². The summed E-state index contributed by atoms with van der Waals surface area (Å²) in [5.41, 5.74) is 2.71. The SMILES string of the molecule is CCc1ccc(C2CNCCN2C(=O)c2cccc(S(=O)(=O)NC)c2)cc1.Cl. The van der Waals surface area contributed by atoms with Crippen LogP contribution in [-0.2, 0) is 16.4 Å². The third kappa shape index (κ3) is 4.72. The van der Waals surface area contributed by atoms with Gasteiger partial charge in [0.15, 0.2) is 0 Å². The first-order chi connectivity index (χ1) is 13.0. The van der Waals surface area contributed by atoms with E-state index in [0.29, 0.717) is 25.2 Å². The molecule has 0 saturated carbocycles. The summed E-state index contributed by atoms with van der Waals surface area (Å²) in [4.78, 5) is 15.1. The molecule has 1 saturated heterocycles. The predicted molar refractivity (Wildman–Crippen MR) is 112 cm³/mol. The number of aryl methyl sites for hydroxylation is 1. The molecule has 1 unspecified atom stereocenters. The number of hydrogen-bond donors (Lipinski definition) is 2. The molecule has 1 aliphatic heterocycles. The minimum atomic E-state index is -3.59. The van der Waals surface area contributed by atoms with Gasteiger partial charge in [0.1, 0.15) is 0 Å². The topological polar surface area (TPSA) is 78.5 Å². The molecule has 0 aromatic heterocycles. The maximum atomic E-state index is 13.2. The molecule has 0 radical (unpaired) electrons. The monoisotopic (exact) mass is 423 g/mol. The van der Waals surface area contributed by atoms with Gasteiger partial charge in [0.05, 0.1) is 10.9 Å². The molecule has 8 heteroatoms. The summed E-state index contributed by atoms with van der Waals surface area (Å²) in [5, 5.41) is 3.34. The Morgan fingerprint density at radius 1 is 1.21 bits per heavy atom. The van der Waals surface area contributed by atoms with E-state index in [1.807, 2.05) is 4.90 Å². The molecule has 1 amide bonds. The van der Waals surface area contributed by atoms with Crippen LogP contribution in [0, 0.1) is 0 Å². The standard InChI is InChI=1S/C20H25N3O3S.ClH/c1-3-15-7-9-16(10-8-15)19-14-22-11-12-23(19)20(24)17-5-4-6-18(13-17)27(25,26)21-2;/h4-10,13,19,21-22H,3,11-12,14H2,1-2H3;1H. The van der Waals surface area contributed by atoms with E-state index in [1.54, 1.807) is 12.1 Å². The zero-order valence-corrected chi connectivity index (χ0v) is 17.6. The number of carbonyl (C=O) groups is 1. The van der Waals surface area contributed by atoms with Crippen molar-refractivity contribution in [1.29, 1.82) is 0 Å². The highest BCUT2D eigenvalue weighted by atomic mass is 35.5. The Bertz CT molecular complexity index is 917. The highest BCUT2D eigenvalue weighted by Crippen LogP contribution is 2.25. The maximum Gasteiger partial charge on any atom is 0.254 e. The average molecular weight is 424 g/mol. The molecule has 2 aromatic carbocycles. The lowest BCUT2D eigenvalue weighted by Gasteiger charge is -2.36. The van der Waals surface area contributed by atoms with Gasteiger partial charge < -0.3 is 10.2 Å². The van der Waals surface area contributed by atoms with Gasteiger partial charge in [0.25, 0.3) is 5.91 Å². The van der Waals surface area contributed by atoms with Crippen molar-refractivity contribution in [3.05, 3.63) is 65.2 Å². The van der Waals surface area contributed by atoms with Crippen LogP contribution in [0.1, 0.15) is 34.5 Å². The second-order valence-corrected chi connectivity index (χ2v) is 8.44. The van der Waals surface area contributed by atoms with E-state index in [2.05, 4.69) is 41.2 Å². The van der Waals surface area contributed by atoms with E-state index in [1.165, 1.54) is 24.7 Å². The van der Waals surface area contributed by atoms with Crippen molar-refractivity contribution in [3.8, 4) is 0 Å². The van der Waals surface area contributed by atoms with Crippen LogP contribution in [0.4, 0.5) is 0 Å². The summed E-state index contributed by atoms with van der Waals surface area (Å²) < 4.78 is 26.4. The molecule has 1 fully saturated rings. The summed E-state index contributed by atoms with van der Waals surface area (Å²) in [6.07, 6.45) is 0.971. The third-order valence-electron chi connectivity index (χ3n) is 4.94. The lowest BCUT2D eigenvalue weighted by molar-refractivity contribution is 0.0634. The van der Waals surface area contributed by atoms with E-state index in [9.17, 15) is 13.2 Å². The van der Waals surface area contributed by atoms with Crippen molar-refractivity contribution < 1.29 is 13.2 Å². The van der Waals surface area contributed by atoms with Gasteiger partial charge >= 0.3 is 0 Å². The van der Waals surface area contributed by atoms with Crippen LogP contribution in [0.5, 0.6) is 0 Å². The van der Waals surface area contributed by atoms with Gasteiger partial charge in [-0.3, -0.25) is 4.79 Å². The Morgan fingerprint density at radius 3 is 2.57 bits per heavy atom. The minimum absolute atomic E-state index is 0. The molecular weight excluding hydrogens is 398 g/mol. The number of sulfonamides is 1. The fourth-order valence-electron chi connectivity index (χ4n) is 3.30. The van der Waals surface area contributed by atoms with Crippen molar-refractivity contribution in [2.75, 3.05) is 26.7 Å². The van der Waals surface area contributed by atoms with E-state index in [4.69, 9.17) is 0 Å². The zero-order valence-electron chi connectivity index (χ0n) is 16.0. The first-order valence-corrected chi connectivity index (χ1v) is 10.6. The number of nitrogens with zero attached hydrogens (tertiary/aromatic N) is 1. The van der Waals surface area contributed by atoms with Crippen LogP contribution >= 0.6 is 12.4 Å². The number of nitrogens with one attached hydrogen (secondary N) is 2. The molecule has 28 heavy (non-hydrogen) atoms. The molecule has 1 heterocycles. The van der Waals surface area contributed by atoms with Gasteiger partial charge in [0, 0.05) is 25.2 Å². The zero-order chi connectivity index (χ0) is 19.4. The number of rotatable bonds is 5. The van der Waals surface area contributed by atoms with Crippen molar-refractivity contribution in [3.63, 3.8) is 0 Å². The second-order valence-electron chi connectivity index (χ2n) is 6.55. The van der Waals surface area contributed by atoms with Crippen LogP contribution in [0.3, 0.4) is 0 Å². The van der Waals surface area contributed by atoms with Crippen LogP contribution in [0.2, 0.25) is 0 Å². The summed E-state index contributed by atoms with van der Waals surface area (Å²) >= 11 is 0. The molecule has 1 aliphatic rings. The van der Waals surface area contributed by atoms with Gasteiger partial charge in [-0.2, -0.15) is 0 Å². The van der Waals surface area contributed by atoms with E-state index in [-0.39, 0.29) is 29.3 Å². The number of halogens is 1. The number of hydrogen-bond acceptors (Lipinski definition) is 4. The fraction of sp³-hybridized carbons (Fsp3) is 0.350. The molecule has 152 valence electrons. The summed E-state index contributed by atoms with van der Waals surface area (Å²) in [5.74, 6) is -0.158. The van der Waals surface area contributed by atoms with Crippen LogP contribution in [0.15, 0.2) is 53.4 Å². The molecule has 0 bridgehead atoms. The molecule has 0 aliphatic carbocycles. The molecule has 0 spiro atoms. The Balaban J connectivity index is 0.00000280. The third-order valence-corrected chi connectivity index (χ3v) is 6.35. The highest BCUT2D eigenvalue weighted by Gasteiger charge is 2.29. The first-order valence-electron chi connectivity index (χ1n) is 9.10. The van der Waals surface area contributed by atoms with Gasteiger partial charge in [-0.15, -0.1) is 12.4 Å². The molecule has 2 N–H and O–H groups in total. The van der Waals surface area contributed by atoms with Gasteiger partial charge in [-0.1, -0.05) is 37.3 Å².